The molecule has 2 aromatic rings. The van der Waals surface area contributed by atoms with Crippen molar-refractivity contribution in [1.82, 2.24) is 0 Å². The van der Waals surface area contributed by atoms with Gasteiger partial charge in [0.2, 0.25) is 0 Å². The van der Waals surface area contributed by atoms with Crippen molar-refractivity contribution in [2.24, 2.45) is 0 Å². The highest BCUT2D eigenvalue weighted by molar-refractivity contribution is 6.31. The third-order valence-corrected chi connectivity index (χ3v) is 3.66. The zero-order valence-corrected chi connectivity index (χ0v) is 14.2. The van der Waals surface area contributed by atoms with E-state index < -0.39 is 18.5 Å². The van der Waals surface area contributed by atoms with Gasteiger partial charge in [0.15, 0.2) is 13.2 Å². The average molecular weight is 359 g/mol. The van der Waals surface area contributed by atoms with Crippen LogP contribution in [0.15, 0.2) is 42.5 Å². The minimum atomic E-state index is -0.678. The molecule has 1 N–H and O–H groups in total. The highest BCUT2D eigenvalue weighted by atomic mass is 35.5. The van der Waals surface area contributed by atoms with Gasteiger partial charge in [0.1, 0.15) is 5.75 Å². The fourth-order valence-electron chi connectivity index (χ4n) is 1.88. The molecule has 2 rings (SSSR count). The third kappa shape index (κ3) is 5.52. The Morgan fingerprint density at radius 1 is 1.16 bits per heavy atom. The van der Waals surface area contributed by atoms with Gasteiger partial charge in [-0.3, -0.25) is 4.79 Å². The first-order valence-electron chi connectivity index (χ1n) is 7.33. The zero-order valence-electron chi connectivity index (χ0n) is 13.4. The topological polar surface area (TPSA) is 88.4 Å². The van der Waals surface area contributed by atoms with Crippen LogP contribution in [0.3, 0.4) is 0 Å². The number of carbonyl (C=O) groups excluding carboxylic acids is 2. The van der Waals surface area contributed by atoms with E-state index in [2.05, 4.69) is 5.32 Å². The molecule has 1 amide bonds. The van der Waals surface area contributed by atoms with E-state index in [1.807, 2.05) is 6.07 Å². The number of rotatable bonds is 6. The number of anilines is 1. The van der Waals surface area contributed by atoms with Gasteiger partial charge < -0.3 is 14.8 Å². The lowest BCUT2D eigenvalue weighted by atomic mass is 10.2. The Morgan fingerprint density at radius 2 is 1.88 bits per heavy atom. The summed E-state index contributed by atoms with van der Waals surface area (Å²) in [7, 11) is 0. The number of amides is 1. The van der Waals surface area contributed by atoms with E-state index in [4.69, 9.17) is 26.3 Å². The molecule has 0 aliphatic rings. The minimum Gasteiger partial charge on any atom is -0.482 e. The maximum absolute atomic E-state index is 11.8. The summed E-state index contributed by atoms with van der Waals surface area (Å²) in [6, 6.07) is 13.4. The highest BCUT2D eigenvalue weighted by Crippen LogP contribution is 2.22. The Kier molecular flexibility index (Phi) is 6.38. The van der Waals surface area contributed by atoms with E-state index >= 15 is 0 Å². The Bertz CT molecular complexity index is 813. The molecule has 0 bridgehead atoms. The van der Waals surface area contributed by atoms with Gasteiger partial charge in [0.25, 0.3) is 5.91 Å². The van der Waals surface area contributed by atoms with Crippen LogP contribution in [0.25, 0.3) is 0 Å². The predicted molar refractivity (Wildman–Crippen MR) is 92.4 cm³/mol. The van der Waals surface area contributed by atoms with E-state index in [0.717, 1.165) is 5.56 Å². The van der Waals surface area contributed by atoms with Crippen LogP contribution >= 0.6 is 11.6 Å². The van der Waals surface area contributed by atoms with Crippen LogP contribution in [0.1, 0.15) is 11.1 Å². The molecule has 0 aliphatic heterocycles. The first-order chi connectivity index (χ1) is 12.0. The zero-order chi connectivity index (χ0) is 18.2. The summed E-state index contributed by atoms with van der Waals surface area (Å²) in [5.41, 5.74) is 1.78. The largest absolute Gasteiger partial charge is 0.482 e. The van der Waals surface area contributed by atoms with Gasteiger partial charge in [0, 0.05) is 10.7 Å². The molecule has 2 aromatic carbocycles. The molecule has 0 atom stereocenters. The minimum absolute atomic E-state index is 0.338. The number of halogens is 1. The van der Waals surface area contributed by atoms with E-state index in [1.54, 1.807) is 49.4 Å². The number of ether oxygens (including phenoxy) is 2. The van der Waals surface area contributed by atoms with Crippen molar-refractivity contribution in [2.75, 3.05) is 18.5 Å². The number of esters is 1. The summed E-state index contributed by atoms with van der Waals surface area (Å²) >= 11 is 5.97. The first kappa shape index (κ1) is 18.3. The maximum atomic E-state index is 11.8. The average Bonchev–Trinajstić information content (AvgIpc) is 2.62. The van der Waals surface area contributed by atoms with Crippen molar-refractivity contribution in [3.63, 3.8) is 0 Å². The summed E-state index contributed by atoms with van der Waals surface area (Å²) < 4.78 is 10.1. The molecule has 0 spiro atoms. The van der Waals surface area contributed by atoms with E-state index in [0.29, 0.717) is 22.0 Å². The van der Waals surface area contributed by atoms with E-state index in [1.165, 1.54) is 0 Å². The Balaban J connectivity index is 1.76. The lowest BCUT2D eigenvalue weighted by Crippen LogP contribution is -2.24. The van der Waals surface area contributed by atoms with Crippen LogP contribution in [-0.4, -0.2) is 25.1 Å². The number of hydrogen-bond donors (Lipinski definition) is 1. The van der Waals surface area contributed by atoms with Gasteiger partial charge in [-0.25, -0.2) is 4.79 Å². The Morgan fingerprint density at radius 3 is 2.56 bits per heavy atom. The van der Waals surface area contributed by atoms with Gasteiger partial charge in [-0.05, 0) is 48.9 Å². The quantitative estimate of drug-likeness (QED) is 0.801. The molecule has 7 heteroatoms. The third-order valence-electron chi connectivity index (χ3n) is 3.25. The summed E-state index contributed by atoms with van der Waals surface area (Å²) in [6.45, 7) is 1.01. The van der Waals surface area contributed by atoms with Crippen LogP contribution in [-0.2, 0) is 14.3 Å². The van der Waals surface area contributed by atoms with Crippen LogP contribution < -0.4 is 10.1 Å². The van der Waals surface area contributed by atoms with Crippen molar-refractivity contribution in [3.8, 4) is 11.8 Å². The fourth-order valence-corrected chi connectivity index (χ4v) is 2.06. The van der Waals surface area contributed by atoms with Crippen molar-refractivity contribution < 1.29 is 19.1 Å². The maximum Gasteiger partial charge on any atom is 0.344 e. The van der Waals surface area contributed by atoms with Gasteiger partial charge in [-0.2, -0.15) is 5.26 Å². The number of carbonyl (C=O) groups is 2. The molecule has 25 heavy (non-hydrogen) atoms. The Hall–Kier alpha value is -3.04. The van der Waals surface area contributed by atoms with Gasteiger partial charge in [-0.1, -0.05) is 17.7 Å². The molecule has 0 fully saturated rings. The molecule has 0 aromatic heterocycles. The van der Waals surface area contributed by atoms with Crippen LogP contribution in [0, 0.1) is 18.3 Å². The molecule has 0 aliphatic carbocycles. The van der Waals surface area contributed by atoms with Crippen molar-refractivity contribution in [3.05, 3.63) is 58.6 Å². The van der Waals surface area contributed by atoms with E-state index in [9.17, 15) is 9.59 Å². The summed E-state index contributed by atoms with van der Waals surface area (Å²) in [5, 5.41) is 11.9. The molecule has 6 nitrogen and oxygen atoms in total. The second-order valence-corrected chi connectivity index (χ2v) is 5.45. The monoisotopic (exact) mass is 358 g/mol. The van der Waals surface area contributed by atoms with Crippen molar-refractivity contribution >= 4 is 29.2 Å². The summed E-state index contributed by atoms with van der Waals surface area (Å²) in [5.74, 6) is -0.727. The normalized spacial score (nSPS) is 9.80. The SMILES string of the molecule is Cc1c(Cl)cccc1NC(=O)COC(=O)COc1ccc(C#N)cc1. The molecule has 0 saturated heterocycles. The molecule has 0 heterocycles. The Labute approximate surface area is 149 Å². The fraction of sp³-hybridized carbons (Fsp3) is 0.167. The smallest absolute Gasteiger partial charge is 0.344 e. The number of hydrogen-bond acceptors (Lipinski definition) is 5. The van der Waals surface area contributed by atoms with Crippen LogP contribution in [0.2, 0.25) is 5.02 Å². The summed E-state index contributed by atoms with van der Waals surface area (Å²) in [6.07, 6.45) is 0. The standard InChI is InChI=1S/C18H15ClN2O4/c1-12-15(19)3-2-4-16(12)21-17(22)10-25-18(23)11-24-14-7-5-13(9-20)6-8-14/h2-8H,10-11H2,1H3,(H,21,22). The van der Waals surface area contributed by atoms with Gasteiger partial charge >= 0.3 is 5.97 Å². The molecular weight excluding hydrogens is 344 g/mol. The van der Waals surface area contributed by atoms with Gasteiger partial charge in [-0.15, -0.1) is 0 Å². The van der Waals surface area contributed by atoms with Crippen LogP contribution in [0.4, 0.5) is 5.69 Å². The van der Waals surface area contributed by atoms with Crippen molar-refractivity contribution in [1.29, 1.82) is 5.26 Å². The van der Waals surface area contributed by atoms with Crippen molar-refractivity contribution in [2.45, 2.75) is 6.92 Å². The molecular formula is C18H15ClN2O4. The predicted octanol–water partition coefficient (Wildman–Crippen LogP) is 3.08. The van der Waals surface area contributed by atoms with E-state index in [-0.39, 0.29) is 6.61 Å². The number of nitrogens with one attached hydrogen (secondary N) is 1. The molecule has 0 unspecified atom stereocenters. The van der Waals surface area contributed by atoms with Crippen LogP contribution in [0.5, 0.6) is 5.75 Å². The summed E-state index contributed by atoms with van der Waals surface area (Å²) in [4.78, 5) is 23.4. The highest BCUT2D eigenvalue weighted by Gasteiger charge is 2.10. The number of benzene rings is 2. The molecule has 0 radical (unpaired) electrons. The lowest BCUT2D eigenvalue weighted by Gasteiger charge is -2.10. The molecule has 128 valence electrons. The molecule has 0 saturated carbocycles. The second kappa shape index (κ2) is 8.71. The number of nitriles is 1. The second-order valence-electron chi connectivity index (χ2n) is 5.05. The van der Waals surface area contributed by atoms with Gasteiger partial charge in [0.05, 0.1) is 11.6 Å². The lowest BCUT2D eigenvalue weighted by molar-refractivity contribution is -0.149. The first-order valence-corrected chi connectivity index (χ1v) is 7.71. The number of nitrogens with zero attached hydrogens (tertiary/aromatic N) is 1.